The molecule has 0 bridgehead atoms. The lowest BCUT2D eigenvalue weighted by Gasteiger charge is -2.39. The van der Waals surface area contributed by atoms with Gasteiger partial charge in [0.15, 0.2) is 0 Å². The summed E-state index contributed by atoms with van der Waals surface area (Å²) in [5.74, 6) is -30.5. The number of rotatable bonds is 6. The van der Waals surface area contributed by atoms with Crippen LogP contribution in [0.25, 0.3) is 0 Å². The third kappa shape index (κ3) is 2.73. The molecule has 0 aliphatic heterocycles. The van der Waals surface area contributed by atoms with Crippen LogP contribution in [0.4, 0.5) is 57.1 Å². The van der Waals surface area contributed by atoms with Gasteiger partial charge in [-0.25, -0.2) is 0 Å². The molecular formula is C8H3F13S. The van der Waals surface area contributed by atoms with E-state index in [2.05, 4.69) is 6.58 Å². The summed E-state index contributed by atoms with van der Waals surface area (Å²) in [4.78, 5) is 0. The Labute approximate surface area is 117 Å². The molecule has 0 spiro atoms. The van der Waals surface area contributed by atoms with Crippen LogP contribution in [0.5, 0.6) is 0 Å². The minimum absolute atomic E-state index is 0.218. The van der Waals surface area contributed by atoms with Crippen LogP contribution in [0.3, 0.4) is 0 Å². The lowest BCUT2D eigenvalue weighted by molar-refractivity contribution is -0.433. The first kappa shape index (κ1) is 21.2. The van der Waals surface area contributed by atoms with E-state index < -0.39 is 46.9 Å². The second kappa shape index (κ2) is 5.37. The molecule has 0 saturated carbocycles. The molecule has 0 radical (unpaired) electrons. The zero-order chi connectivity index (χ0) is 18.4. The van der Waals surface area contributed by atoms with Crippen LogP contribution in [0.2, 0.25) is 0 Å². The Morgan fingerprint density at radius 1 is 0.545 bits per heavy atom. The first-order chi connectivity index (χ1) is 9.31. The van der Waals surface area contributed by atoms with E-state index in [0.717, 1.165) is 0 Å². The van der Waals surface area contributed by atoms with Crippen LogP contribution >= 0.6 is 11.8 Å². The van der Waals surface area contributed by atoms with Gasteiger partial charge in [0.2, 0.25) is 0 Å². The second-order valence-electron chi connectivity index (χ2n) is 3.60. The van der Waals surface area contributed by atoms with Crippen molar-refractivity contribution in [2.75, 3.05) is 0 Å². The fraction of sp³-hybridized carbons (Fsp3) is 0.750. The minimum Gasteiger partial charge on any atom is -0.192 e. The highest BCUT2D eigenvalue weighted by Crippen LogP contribution is 2.61. The summed E-state index contributed by atoms with van der Waals surface area (Å²) >= 11 is -1.56. The fourth-order valence-corrected chi connectivity index (χ4v) is 1.42. The Kier molecular flexibility index (Phi) is 5.17. The number of alkyl halides is 13. The molecule has 14 heteroatoms. The van der Waals surface area contributed by atoms with Crippen molar-refractivity contribution < 1.29 is 57.1 Å². The maximum atomic E-state index is 12.8. The van der Waals surface area contributed by atoms with Crippen molar-refractivity contribution in [2.24, 2.45) is 0 Å². The summed E-state index contributed by atoms with van der Waals surface area (Å²) in [5.41, 5.74) is 0. The molecule has 0 atom stereocenters. The van der Waals surface area contributed by atoms with Gasteiger partial charge in [0, 0.05) is 0 Å². The van der Waals surface area contributed by atoms with Gasteiger partial charge in [-0.05, 0) is 5.41 Å². The van der Waals surface area contributed by atoms with E-state index in [-0.39, 0.29) is 5.41 Å². The van der Waals surface area contributed by atoms with Gasteiger partial charge in [-0.15, -0.1) is 0 Å². The normalized spacial score (nSPS) is 15.9. The zero-order valence-corrected chi connectivity index (χ0v) is 10.4. The van der Waals surface area contributed by atoms with Crippen molar-refractivity contribution in [1.29, 1.82) is 0 Å². The molecule has 0 aromatic carbocycles. The standard InChI is InChI=1S/C8H3F13S/c1-2-22-8(20,21)6(15,16)4(11,12)3(9,10)5(13,14)7(17,18)19/h2H,1H2. The van der Waals surface area contributed by atoms with E-state index in [1.165, 1.54) is 0 Å². The third-order valence-electron chi connectivity index (χ3n) is 2.14. The maximum Gasteiger partial charge on any atom is 0.460 e. The van der Waals surface area contributed by atoms with Crippen LogP contribution in [0, 0.1) is 0 Å². The van der Waals surface area contributed by atoms with Gasteiger partial charge in [0.05, 0.1) is 0 Å². The van der Waals surface area contributed by atoms with Crippen LogP contribution in [0.15, 0.2) is 12.0 Å². The molecule has 0 fully saturated rings. The molecule has 0 nitrogen and oxygen atoms in total. The summed E-state index contributed by atoms with van der Waals surface area (Å²) in [6, 6.07) is 0. The highest BCUT2D eigenvalue weighted by atomic mass is 32.2. The quantitative estimate of drug-likeness (QED) is 0.546. The van der Waals surface area contributed by atoms with Crippen molar-refractivity contribution in [1.82, 2.24) is 0 Å². The van der Waals surface area contributed by atoms with Gasteiger partial charge in [-0.1, -0.05) is 18.3 Å². The van der Waals surface area contributed by atoms with Crippen molar-refractivity contribution in [3.8, 4) is 0 Å². The van der Waals surface area contributed by atoms with Gasteiger partial charge >= 0.3 is 35.1 Å². The Morgan fingerprint density at radius 2 is 0.864 bits per heavy atom. The maximum absolute atomic E-state index is 12.8. The largest absolute Gasteiger partial charge is 0.460 e. The average Bonchev–Trinajstić information content (AvgIpc) is 2.26. The zero-order valence-electron chi connectivity index (χ0n) is 9.61. The Bertz CT molecular complexity index is 420. The van der Waals surface area contributed by atoms with E-state index in [1.807, 2.05) is 0 Å². The number of hydrogen-bond donors (Lipinski definition) is 0. The van der Waals surface area contributed by atoms with E-state index in [0.29, 0.717) is 0 Å². The summed E-state index contributed by atoms with van der Waals surface area (Å²) in [5, 5.41) is -6.35. The topological polar surface area (TPSA) is 0 Å². The predicted octanol–water partition coefficient (Wildman–Crippen LogP) is 5.56. The number of halogens is 13. The monoisotopic (exact) mass is 378 g/mol. The molecule has 22 heavy (non-hydrogen) atoms. The first-order valence-electron chi connectivity index (χ1n) is 4.55. The Balaban J connectivity index is 6.16. The molecular weight excluding hydrogens is 375 g/mol. The molecule has 0 aliphatic carbocycles. The van der Waals surface area contributed by atoms with E-state index in [9.17, 15) is 57.1 Å². The highest BCUT2D eigenvalue weighted by Gasteiger charge is 2.90. The molecule has 132 valence electrons. The van der Waals surface area contributed by atoms with Gasteiger partial charge in [-0.2, -0.15) is 57.1 Å². The summed E-state index contributed by atoms with van der Waals surface area (Å²) < 4.78 is 162. The van der Waals surface area contributed by atoms with Crippen molar-refractivity contribution >= 4 is 11.8 Å². The van der Waals surface area contributed by atoms with E-state index in [1.54, 1.807) is 0 Å². The second-order valence-corrected chi connectivity index (χ2v) is 4.68. The van der Waals surface area contributed by atoms with Crippen LogP contribution < -0.4 is 0 Å². The molecule has 0 unspecified atom stereocenters. The van der Waals surface area contributed by atoms with Gasteiger partial charge in [0.25, 0.3) is 0 Å². The molecule has 0 aromatic rings. The lowest BCUT2D eigenvalue weighted by atomic mass is 9.98. The first-order valence-corrected chi connectivity index (χ1v) is 5.43. The smallest absolute Gasteiger partial charge is 0.192 e. The van der Waals surface area contributed by atoms with Gasteiger partial charge in [0.1, 0.15) is 0 Å². The fourth-order valence-electron chi connectivity index (χ4n) is 0.934. The molecule has 0 rings (SSSR count). The lowest BCUT2D eigenvalue weighted by Crippen LogP contribution is -2.69. The van der Waals surface area contributed by atoms with Gasteiger partial charge < -0.3 is 0 Å². The number of hydrogen-bond acceptors (Lipinski definition) is 1. The summed E-state index contributed by atoms with van der Waals surface area (Å²) in [6.45, 7) is 2.38. The molecule has 0 heterocycles. The molecule has 0 amide bonds. The third-order valence-corrected chi connectivity index (χ3v) is 2.85. The van der Waals surface area contributed by atoms with E-state index in [4.69, 9.17) is 0 Å². The predicted molar refractivity (Wildman–Crippen MR) is 48.6 cm³/mol. The molecule has 0 saturated heterocycles. The number of thioether (sulfide) groups is 1. The van der Waals surface area contributed by atoms with E-state index >= 15 is 0 Å². The summed E-state index contributed by atoms with van der Waals surface area (Å²) in [7, 11) is 0. The Hall–Kier alpha value is -0.820. The van der Waals surface area contributed by atoms with Crippen LogP contribution in [-0.2, 0) is 0 Å². The van der Waals surface area contributed by atoms with Crippen molar-refractivity contribution in [2.45, 2.75) is 35.1 Å². The molecule has 0 N–H and O–H groups in total. The average molecular weight is 378 g/mol. The minimum atomic E-state index is -7.85. The van der Waals surface area contributed by atoms with Crippen LogP contribution in [0.1, 0.15) is 0 Å². The SMILES string of the molecule is C=CSC(F)(F)C(F)(F)C(F)(F)C(F)(F)C(F)(F)C(F)(F)F. The molecule has 0 aliphatic rings. The summed E-state index contributed by atoms with van der Waals surface area (Å²) in [6.07, 6.45) is -7.39. The van der Waals surface area contributed by atoms with Crippen molar-refractivity contribution in [3.63, 3.8) is 0 Å². The highest BCUT2D eigenvalue weighted by molar-refractivity contribution is 8.03. The van der Waals surface area contributed by atoms with Crippen LogP contribution in [-0.4, -0.2) is 35.1 Å². The van der Waals surface area contributed by atoms with Crippen molar-refractivity contribution in [3.05, 3.63) is 12.0 Å². The Morgan fingerprint density at radius 3 is 1.14 bits per heavy atom. The molecule has 0 aromatic heterocycles. The van der Waals surface area contributed by atoms with Gasteiger partial charge in [-0.3, -0.25) is 0 Å².